The van der Waals surface area contributed by atoms with Gasteiger partial charge in [0.1, 0.15) is 5.69 Å². The third-order valence-electron chi connectivity index (χ3n) is 2.72. The zero-order chi connectivity index (χ0) is 17.0. The van der Waals surface area contributed by atoms with Crippen molar-refractivity contribution >= 4 is 23.2 Å². The molecule has 0 aliphatic rings. The Labute approximate surface area is 132 Å². The molecule has 0 aromatic carbocycles. The van der Waals surface area contributed by atoms with E-state index in [0.717, 1.165) is 0 Å². The van der Waals surface area contributed by atoms with Gasteiger partial charge >= 0.3 is 6.18 Å². The van der Waals surface area contributed by atoms with Gasteiger partial charge in [-0.15, -0.1) is 0 Å². The minimum Gasteiger partial charge on any atom is -0.475 e. The van der Waals surface area contributed by atoms with Gasteiger partial charge in [0.05, 0.1) is 17.3 Å². The Balaban J connectivity index is 2.33. The molecule has 0 fully saturated rings. The molecule has 0 aliphatic heterocycles. The van der Waals surface area contributed by atoms with Crippen LogP contribution in [0.25, 0.3) is 0 Å². The molecule has 0 saturated carbocycles. The van der Waals surface area contributed by atoms with E-state index < -0.39 is 28.9 Å². The van der Waals surface area contributed by atoms with Gasteiger partial charge in [-0.05, 0) is 12.1 Å². The van der Waals surface area contributed by atoms with E-state index in [0.29, 0.717) is 12.3 Å². The molecule has 0 atom stereocenters. The van der Waals surface area contributed by atoms with Gasteiger partial charge in [0, 0.05) is 12.4 Å². The number of aromatic amines is 1. The van der Waals surface area contributed by atoms with Crippen molar-refractivity contribution in [2.75, 3.05) is 11.4 Å². The van der Waals surface area contributed by atoms with E-state index >= 15 is 0 Å². The summed E-state index contributed by atoms with van der Waals surface area (Å²) in [6, 6.07) is 1.56. The number of hydrogen-bond acceptors (Lipinski definition) is 4. The van der Waals surface area contributed by atoms with Gasteiger partial charge in [-0.2, -0.15) is 13.2 Å². The molecule has 0 aliphatic carbocycles. The van der Waals surface area contributed by atoms with Crippen molar-refractivity contribution in [1.82, 2.24) is 9.97 Å². The number of amides is 1. The van der Waals surface area contributed by atoms with Crippen LogP contribution in [0, 0.1) is 0 Å². The van der Waals surface area contributed by atoms with Crippen molar-refractivity contribution in [2.45, 2.75) is 6.18 Å². The van der Waals surface area contributed by atoms with Crippen LogP contribution in [0.4, 0.5) is 18.9 Å². The molecule has 122 valence electrons. The number of ether oxygens (including phenoxy) is 1. The van der Waals surface area contributed by atoms with E-state index in [2.05, 4.69) is 10.3 Å². The van der Waals surface area contributed by atoms with Gasteiger partial charge in [-0.25, -0.2) is 0 Å². The van der Waals surface area contributed by atoms with Crippen LogP contribution in [0.15, 0.2) is 35.5 Å². The smallest absolute Gasteiger partial charge is 0.417 e. The molecule has 6 nitrogen and oxygen atoms in total. The van der Waals surface area contributed by atoms with Crippen LogP contribution in [-0.4, -0.2) is 21.9 Å². The summed E-state index contributed by atoms with van der Waals surface area (Å²) in [5, 5.41) is 2.10. The fourth-order valence-corrected chi connectivity index (χ4v) is 1.79. The third kappa shape index (κ3) is 4.01. The number of anilines is 1. The summed E-state index contributed by atoms with van der Waals surface area (Å²) in [5.41, 5.74) is -2.55. The molecule has 0 radical (unpaired) electrons. The molecule has 23 heavy (non-hydrogen) atoms. The van der Waals surface area contributed by atoms with Crippen LogP contribution in [-0.2, 0) is 6.18 Å². The zero-order valence-electron chi connectivity index (χ0n) is 11.3. The number of carbonyl (C=O) groups excluding carboxylic acids is 1. The summed E-state index contributed by atoms with van der Waals surface area (Å²) < 4.78 is 42.9. The van der Waals surface area contributed by atoms with E-state index in [4.69, 9.17) is 16.3 Å². The molecule has 2 rings (SSSR count). The van der Waals surface area contributed by atoms with Crippen LogP contribution >= 0.6 is 11.6 Å². The highest BCUT2D eigenvalue weighted by molar-refractivity contribution is 6.17. The molecular weight excluding hydrogens is 339 g/mol. The summed E-state index contributed by atoms with van der Waals surface area (Å²) in [6.07, 6.45) is -1.64. The van der Waals surface area contributed by atoms with Crippen molar-refractivity contribution in [1.29, 1.82) is 0 Å². The number of nitrogens with one attached hydrogen (secondary N) is 2. The lowest BCUT2D eigenvalue weighted by molar-refractivity contribution is -0.137. The number of hydrogen-bond donors (Lipinski definition) is 2. The first-order valence-electron chi connectivity index (χ1n) is 6.07. The van der Waals surface area contributed by atoms with Crippen LogP contribution in [0.5, 0.6) is 5.75 Å². The Morgan fingerprint density at radius 2 is 2.17 bits per heavy atom. The van der Waals surface area contributed by atoms with Crippen molar-refractivity contribution in [3.63, 3.8) is 0 Å². The maximum atomic E-state index is 12.6. The summed E-state index contributed by atoms with van der Waals surface area (Å²) in [7, 11) is 0. The largest absolute Gasteiger partial charge is 0.475 e. The summed E-state index contributed by atoms with van der Waals surface area (Å²) >= 11 is 5.41. The number of H-pyrrole nitrogens is 1. The second-order valence-electron chi connectivity index (χ2n) is 4.21. The maximum Gasteiger partial charge on any atom is 0.417 e. The Hall–Kier alpha value is -2.55. The molecule has 10 heteroatoms. The Kier molecular flexibility index (Phi) is 4.89. The van der Waals surface area contributed by atoms with Gasteiger partial charge in [-0.3, -0.25) is 14.6 Å². The topological polar surface area (TPSA) is 84.1 Å². The molecule has 0 spiro atoms. The Morgan fingerprint density at radius 3 is 2.83 bits per heavy atom. The zero-order valence-corrected chi connectivity index (χ0v) is 12.0. The van der Waals surface area contributed by atoms with Crippen LogP contribution in [0.3, 0.4) is 0 Å². The number of carbonyl (C=O) groups is 1. The van der Waals surface area contributed by atoms with Crippen molar-refractivity contribution in [3.05, 3.63) is 52.2 Å². The third-order valence-corrected chi connectivity index (χ3v) is 2.83. The van der Waals surface area contributed by atoms with Crippen LogP contribution in [0.1, 0.15) is 15.9 Å². The number of nitrogens with zero attached hydrogens (tertiary/aromatic N) is 1. The van der Waals surface area contributed by atoms with Crippen LogP contribution < -0.4 is 15.6 Å². The first kappa shape index (κ1) is 16.8. The highest BCUT2D eigenvalue weighted by atomic mass is 35.5. The van der Waals surface area contributed by atoms with Gasteiger partial charge in [-0.1, -0.05) is 11.6 Å². The average Bonchev–Trinajstić information content (AvgIpc) is 2.49. The van der Waals surface area contributed by atoms with Crippen LogP contribution in [0.2, 0.25) is 0 Å². The maximum absolute atomic E-state index is 12.6. The Morgan fingerprint density at radius 1 is 1.43 bits per heavy atom. The minimum absolute atomic E-state index is 0.0301. The van der Waals surface area contributed by atoms with Crippen molar-refractivity contribution < 1.29 is 22.7 Å². The molecule has 1 amide bonds. The number of pyridine rings is 2. The van der Waals surface area contributed by atoms with Gasteiger partial charge in [0.2, 0.25) is 0 Å². The van der Waals surface area contributed by atoms with E-state index in [1.54, 1.807) is 0 Å². The lowest BCUT2D eigenvalue weighted by atomic mass is 10.2. The molecule has 2 heterocycles. The number of aromatic nitrogens is 2. The fraction of sp³-hybridized carbons (Fsp3) is 0.154. The standard InChI is InChI=1S/C13H9ClF3N3O3/c14-6-23-10-5-18-2-1-8(10)11(21)20-9-3-7(13(15,16)17)4-19-12(9)22/h1-5H,6H2,(H,19,22)(H,20,21). The first-order chi connectivity index (χ1) is 10.8. The summed E-state index contributed by atoms with van der Waals surface area (Å²) in [5.74, 6) is -0.805. The predicted molar refractivity (Wildman–Crippen MR) is 75.6 cm³/mol. The molecule has 0 saturated heterocycles. The molecule has 0 unspecified atom stereocenters. The summed E-state index contributed by atoms with van der Waals surface area (Å²) in [6.45, 7) is 0. The van der Waals surface area contributed by atoms with Crippen molar-refractivity contribution in [2.24, 2.45) is 0 Å². The number of halogens is 4. The lowest BCUT2D eigenvalue weighted by Crippen LogP contribution is -2.22. The fourth-order valence-electron chi connectivity index (χ4n) is 1.67. The van der Waals surface area contributed by atoms with E-state index in [1.165, 1.54) is 18.5 Å². The average molecular weight is 348 g/mol. The van der Waals surface area contributed by atoms with E-state index in [-0.39, 0.29) is 17.4 Å². The molecular formula is C13H9ClF3N3O3. The second kappa shape index (κ2) is 6.69. The van der Waals surface area contributed by atoms with Crippen molar-refractivity contribution in [3.8, 4) is 5.75 Å². The molecule has 2 N–H and O–H groups in total. The monoisotopic (exact) mass is 347 g/mol. The molecule has 2 aromatic heterocycles. The predicted octanol–water partition coefficient (Wildman–Crippen LogP) is 2.62. The summed E-state index contributed by atoms with van der Waals surface area (Å²) in [4.78, 5) is 29.4. The number of alkyl halides is 4. The number of rotatable bonds is 4. The van der Waals surface area contributed by atoms with Gasteiger partial charge in [0.15, 0.2) is 11.8 Å². The van der Waals surface area contributed by atoms with E-state index in [9.17, 15) is 22.8 Å². The highest BCUT2D eigenvalue weighted by Crippen LogP contribution is 2.29. The molecule has 2 aromatic rings. The second-order valence-corrected chi connectivity index (χ2v) is 4.43. The normalized spacial score (nSPS) is 11.1. The minimum atomic E-state index is -4.66. The Bertz CT molecular complexity index is 777. The quantitative estimate of drug-likeness (QED) is 0.833. The first-order valence-corrected chi connectivity index (χ1v) is 6.60. The van der Waals surface area contributed by atoms with Gasteiger partial charge in [0.25, 0.3) is 11.5 Å². The lowest BCUT2D eigenvalue weighted by Gasteiger charge is -2.11. The highest BCUT2D eigenvalue weighted by Gasteiger charge is 2.31. The SMILES string of the molecule is O=C(Nc1cc(C(F)(F)F)c[nH]c1=O)c1ccncc1OCCl. The van der Waals surface area contributed by atoms with Gasteiger partial charge < -0.3 is 15.0 Å². The molecule has 0 bridgehead atoms. The van der Waals surface area contributed by atoms with E-state index in [1.807, 2.05) is 4.98 Å².